The van der Waals surface area contributed by atoms with Crippen molar-refractivity contribution >= 4 is 11.8 Å². The monoisotopic (exact) mass is 382 g/mol. The van der Waals surface area contributed by atoms with Crippen LogP contribution in [0.15, 0.2) is 46.8 Å². The molecule has 6 heteroatoms. The first kappa shape index (κ1) is 18.7. The average Bonchev–Trinajstić information content (AvgIpc) is 3.20. The average molecular weight is 382 g/mol. The Morgan fingerprint density at radius 2 is 2.04 bits per heavy atom. The predicted molar refractivity (Wildman–Crippen MR) is 105 cm³/mol. The third-order valence-corrected chi connectivity index (χ3v) is 5.84. The quantitative estimate of drug-likeness (QED) is 0.780. The highest BCUT2D eigenvalue weighted by Crippen LogP contribution is 2.41. The minimum Gasteiger partial charge on any atom is -0.496 e. The summed E-state index contributed by atoms with van der Waals surface area (Å²) in [7, 11) is 1.65. The molecule has 6 nitrogen and oxygen atoms in total. The lowest BCUT2D eigenvalue weighted by atomic mass is 9.78. The summed E-state index contributed by atoms with van der Waals surface area (Å²) in [6, 6.07) is 7.85. The molecule has 148 valence electrons. The summed E-state index contributed by atoms with van der Waals surface area (Å²) in [5.41, 5.74) is 4.03. The van der Waals surface area contributed by atoms with Gasteiger partial charge in [0.15, 0.2) is 5.78 Å². The first-order valence-corrected chi connectivity index (χ1v) is 9.83. The van der Waals surface area contributed by atoms with Crippen LogP contribution < -0.4 is 15.4 Å². The summed E-state index contributed by atoms with van der Waals surface area (Å²) in [5.74, 6) is 0.650. The Hall–Kier alpha value is -2.60. The highest BCUT2D eigenvalue weighted by Gasteiger charge is 2.35. The summed E-state index contributed by atoms with van der Waals surface area (Å²) in [6.07, 6.45) is 2.26. The first-order valence-electron chi connectivity index (χ1n) is 9.83. The molecular weight excluding hydrogens is 356 g/mol. The van der Waals surface area contributed by atoms with Gasteiger partial charge in [-0.05, 0) is 37.9 Å². The first-order chi connectivity index (χ1) is 13.6. The number of carbonyl (C=O) groups excluding carboxylic acids is 2. The van der Waals surface area contributed by atoms with Crippen LogP contribution >= 0.6 is 0 Å². The van der Waals surface area contributed by atoms with E-state index in [0.29, 0.717) is 30.5 Å². The standard InChI is InChI=1S/C22H26N2O4/c1-13-17(22(26)28-15-7-8-23-12-15)11-18-19(24-13)9-14(10-20(18)25)16-5-3-4-6-21(16)27-2/h3-6,14-15,23-24H,7-12H2,1-2H3/t14?,15-/m0/s1. The van der Waals surface area contributed by atoms with Gasteiger partial charge in [-0.1, -0.05) is 18.2 Å². The Balaban J connectivity index is 1.52. The van der Waals surface area contributed by atoms with Crippen molar-refractivity contribution in [1.82, 2.24) is 10.6 Å². The molecule has 3 aliphatic rings. The van der Waals surface area contributed by atoms with Crippen LogP contribution in [0.5, 0.6) is 5.75 Å². The van der Waals surface area contributed by atoms with E-state index >= 15 is 0 Å². The highest BCUT2D eigenvalue weighted by molar-refractivity contribution is 6.01. The van der Waals surface area contributed by atoms with Gasteiger partial charge in [-0.15, -0.1) is 0 Å². The Kier molecular flexibility index (Phi) is 5.22. The molecule has 1 saturated heterocycles. The second kappa shape index (κ2) is 7.80. The molecule has 0 saturated carbocycles. The number of dihydropyridines is 1. The zero-order chi connectivity index (χ0) is 19.7. The van der Waals surface area contributed by atoms with Crippen molar-refractivity contribution in [2.45, 2.75) is 44.6 Å². The summed E-state index contributed by atoms with van der Waals surface area (Å²) in [6.45, 7) is 3.44. The smallest absolute Gasteiger partial charge is 0.336 e. The number of para-hydroxylation sites is 1. The van der Waals surface area contributed by atoms with Crippen LogP contribution in [0.3, 0.4) is 0 Å². The maximum Gasteiger partial charge on any atom is 0.336 e. The number of hydrogen-bond acceptors (Lipinski definition) is 6. The van der Waals surface area contributed by atoms with Gasteiger partial charge in [0.25, 0.3) is 0 Å². The maximum absolute atomic E-state index is 12.9. The molecule has 4 rings (SSSR count). The van der Waals surface area contributed by atoms with Crippen molar-refractivity contribution in [3.8, 4) is 5.75 Å². The highest BCUT2D eigenvalue weighted by atomic mass is 16.5. The van der Waals surface area contributed by atoms with Crippen molar-refractivity contribution in [3.63, 3.8) is 0 Å². The Morgan fingerprint density at radius 1 is 1.21 bits per heavy atom. The van der Waals surface area contributed by atoms with Gasteiger partial charge >= 0.3 is 5.97 Å². The number of methoxy groups -OCH3 is 1. The SMILES string of the molecule is COc1ccccc1C1CC(=O)C2=C(C1)NC(C)=C(C(=O)O[C@H]1CCNC1)C2. The van der Waals surface area contributed by atoms with Gasteiger partial charge in [0.2, 0.25) is 0 Å². The second-order valence-corrected chi connectivity index (χ2v) is 7.65. The van der Waals surface area contributed by atoms with Gasteiger partial charge in [0, 0.05) is 42.3 Å². The van der Waals surface area contributed by atoms with E-state index in [1.807, 2.05) is 31.2 Å². The van der Waals surface area contributed by atoms with Gasteiger partial charge in [-0.3, -0.25) is 4.79 Å². The van der Waals surface area contributed by atoms with Gasteiger partial charge in [0.1, 0.15) is 11.9 Å². The molecule has 1 fully saturated rings. The van der Waals surface area contributed by atoms with Crippen LogP contribution in [0, 0.1) is 0 Å². The Labute approximate surface area is 165 Å². The number of benzene rings is 1. The molecule has 0 radical (unpaired) electrons. The minimum absolute atomic E-state index is 0.0702. The molecule has 0 bridgehead atoms. The summed E-state index contributed by atoms with van der Waals surface area (Å²) >= 11 is 0. The molecule has 2 N–H and O–H groups in total. The zero-order valence-corrected chi connectivity index (χ0v) is 16.3. The lowest BCUT2D eigenvalue weighted by Gasteiger charge is -2.32. The lowest BCUT2D eigenvalue weighted by Crippen LogP contribution is -2.32. The van der Waals surface area contributed by atoms with E-state index < -0.39 is 0 Å². The number of esters is 1. The molecule has 2 heterocycles. The number of Topliss-reactive ketones (excluding diaryl/α,β-unsaturated/α-hetero) is 1. The van der Waals surface area contributed by atoms with E-state index in [4.69, 9.17) is 9.47 Å². The molecule has 2 atom stereocenters. The molecular formula is C22H26N2O4. The van der Waals surface area contributed by atoms with E-state index in [2.05, 4.69) is 10.6 Å². The van der Waals surface area contributed by atoms with Crippen LogP contribution in [0.4, 0.5) is 0 Å². The molecule has 1 aromatic carbocycles. The molecule has 0 spiro atoms. The van der Waals surface area contributed by atoms with E-state index in [1.54, 1.807) is 7.11 Å². The third-order valence-electron chi connectivity index (χ3n) is 5.84. The predicted octanol–water partition coefficient (Wildman–Crippen LogP) is 2.57. The third kappa shape index (κ3) is 3.56. The molecule has 2 aliphatic heterocycles. The number of nitrogens with one attached hydrogen (secondary N) is 2. The largest absolute Gasteiger partial charge is 0.496 e. The van der Waals surface area contributed by atoms with Crippen LogP contribution in [-0.2, 0) is 14.3 Å². The van der Waals surface area contributed by atoms with E-state index in [0.717, 1.165) is 42.1 Å². The van der Waals surface area contributed by atoms with Crippen molar-refractivity contribution in [2.24, 2.45) is 0 Å². The molecule has 28 heavy (non-hydrogen) atoms. The lowest BCUT2D eigenvalue weighted by molar-refractivity contribution is -0.143. The normalized spacial score (nSPS) is 24.7. The number of allylic oxidation sites excluding steroid dienone is 3. The van der Waals surface area contributed by atoms with Crippen molar-refractivity contribution in [1.29, 1.82) is 0 Å². The molecule has 0 aromatic heterocycles. The number of hydrogen-bond donors (Lipinski definition) is 2. The number of carbonyl (C=O) groups is 2. The number of rotatable bonds is 4. The second-order valence-electron chi connectivity index (χ2n) is 7.65. The van der Waals surface area contributed by atoms with E-state index in [9.17, 15) is 9.59 Å². The van der Waals surface area contributed by atoms with Crippen LogP contribution in [0.1, 0.15) is 44.1 Å². The fraction of sp³-hybridized carbons (Fsp3) is 0.455. The number of ketones is 1. The number of ether oxygens (including phenoxy) is 2. The summed E-state index contributed by atoms with van der Waals surface area (Å²) in [4.78, 5) is 25.5. The Morgan fingerprint density at radius 3 is 2.79 bits per heavy atom. The van der Waals surface area contributed by atoms with Crippen LogP contribution in [-0.4, -0.2) is 38.1 Å². The molecule has 1 aromatic rings. The van der Waals surface area contributed by atoms with Gasteiger partial charge in [-0.25, -0.2) is 4.79 Å². The minimum atomic E-state index is -0.315. The van der Waals surface area contributed by atoms with Gasteiger partial charge < -0.3 is 20.1 Å². The van der Waals surface area contributed by atoms with E-state index in [-0.39, 0.29) is 23.8 Å². The van der Waals surface area contributed by atoms with Gasteiger partial charge in [-0.2, -0.15) is 0 Å². The van der Waals surface area contributed by atoms with Crippen molar-refractivity contribution in [2.75, 3.05) is 20.2 Å². The van der Waals surface area contributed by atoms with Crippen molar-refractivity contribution in [3.05, 3.63) is 52.4 Å². The van der Waals surface area contributed by atoms with Gasteiger partial charge in [0.05, 0.1) is 12.7 Å². The fourth-order valence-electron chi connectivity index (χ4n) is 4.30. The van der Waals surface area contributed by atoms with Crippen LogP contribution in [0.25, 0.3) is 0 Å². The molecule has 0 amide bonds. The zero-order valence-electron chi connectivity index (χ0n) is 16.3. The van der Waals surface area contributed by atoms with Crippen molar-refractivity contribution < 1.29 is 19.1 Å². The Bertz CT molecular complexity index is 865. The fourth-order valence-corrected chi connectivity index (χ4v) is 4.30. The van der Waals surface area contributed by atoms with E-state index in [1.165, 1.54) is 0 Å². The topological polar surface area (TPSA) is 76.7 Å². The summed E-state index contributed by atoms with van der Waals surface area (Å²) in [5, 5.41) is 6.51. The molecule has 1 unspecified atom stereocenters. The molecule has 1 aliphatic carbocycles. The van der Waals surface area contributed by atoms with Crippen LogP contribution in [0.2, 0.25) is 0 Å². The maximum atomic E-state index is 12.9. The summed E-state index contributed by atoms with van der Waals surface area (Å²) < 4.78 is 11.1.